The van der Waals surface area contributed by atoms with Crippen LogP contribution in [0, 0.1) is 12.8 Å². The van der Waals surface area contributed by atoms with Crippen LogP contribution < -0.4 is 10.6 Å². The quantitative estimate of drug-likeness (QED) is 0.860. The van der Waals surface area contributed by atoms with Gasteiger partial charge in [-0.05, 0) is 43.9 Å². The van der Waals surface area contributed by atoms with Gasteiger partial charge in [-0.25, -0.2) is 0 Å². The van der Waals surface area contributed by atoms with Gasteiger partial charge in [-0.2, -0.15) is 0 Å². The maximum atomic E-state index is 12.2. The fourth-order valence-corrected chi connectivity index (χ4v) is 2.50. The number of rotatable bonds is 3. The van der Waals surface area contributed by atoms with E-state index in [4.69, 9.17) is 0 Å². The van der Waals surface area contributed by atoms with E-state index in [-0.39, 0.29) is 11.8 Å². The van der Waals surface area contributed by atoms with Gasteiger partial charge in [0.15, 0.2) is 0 Å². The van der Waals surface area contributed by atoms with Gasteiger partial charge in [0, 0.05) is 12.2 Å². The summed E-state index contributed by atoms with van der Waals surface area (Å²) in [7, 11) is 0. The molecular weight excluding hydrogens is 224 g/mol. The van der Waals surface area contributed by atoms with Gasteiger partial charge < -0.3 is 10.6 Å². The first kappa shape index (κ1) is 13.1. The van der Waals surface area contributed by atoms with Crippen molar-refractivity contribution < 1.29 is 4.79 Å². The van der Waals surface area contributed by atoms with E-state index in [1.54, 1.807) is 0 Å². The first-order chi connectivity index (χ1) is 8.72. The molecule has 1 amide bonds. The highest BCUT2D eigenvalue weighted by molar-refractivity contribution is 5.94. The van der Waals surface area contributed by atoms with E-state index in [0.717, 1.165) is 43.6 Å². The van der Waals surface area contributed by atoms with Crippen LogP contribution in [0.2, 0.25) is 0 Å². The predicted octanol–water partition coefficient (Wildman–Crippen LogP) is 2.50. The van der Waals surface area contributed by atoms with Crippen molar-refractivity contribution >= 4 is 11.6 Å². The van der Waals surface area contributed by atoms with Gasteiger partial charge in [-0.15, -0.1) is 0 Å². The number of amides is 1. The lowest BCUT2D eigenvalue weighted by molar-refractivity contribution is -0.120. The summed E-state index contributed by atoms with van der Waals surface area (Å²) in [6.07, 6.45) is 3.03. The first-order valence-corrected chi connectivity index (χ1v) is 6.82. The average molecular weight is 246 g/mol. The zero-order valence-corrected chi connectivity index (χ0v) is 11.3. The van der Waals surface area contributed by atoms with E-state index >= 15 is 0 Å². The van der Waals surface area contributed by atoms with Crippen LogP contribution in [0.25, 0.3) is 0 Å². The number of hydrogen-bond acceptors (Lipinski definition) is 2. The van der Waals surface area contributed by atoms with Crippen molar-refractivity contribution in [2.75, 3.05) is 18.4 Å². The summed E-state index contributed by atoms with van der Waals surface area (Å²) in [6.45, 7) is 6.01. The third kappa shape index (κ3) is 2.91. The molecule has 1 saturated heterocycles. The van der Waals surface area contributed by atoms with E-state index in [2.05, 4.69) is 23.6 Å². The molecule has 2 N–H and O–H groups in total. The maximum Gasteiger partial charge on any atom is 0.228 e. The van der Waals surface area contributed by atoms with Crippen LogP contribution >= 0.6 is 0 Å². The molecule has 1 aromatic carbocycles. The third-order valence-corrected chi connectivity index (χ3v) is 3.66. The van der Waals surface area contributed by atoms with Gasteiger partial charge in [0.05, 0.1) is 5.92 Å². The molecule has 1 atom stereocenters. The van der Waals surface area contributed by atoms with Crippen molar-refractivity contribution in [2.24, 2.45) is 5.92 Å². The van der Waals surface area contributed by atoms with Gasteiger partial charge in [0.2, 0.25) is 5.91 Å². The van der Waals surface area contributed by atoms with E-state index < -0.39 is 0 Å². The van der Waals surface area contributed by atoms with Crippen molar-refractivity contribution in [1.29, 1.82) is 0 Å². The molecule has 1 aliphatic rings. The Bertz CT molecular complexity index is 423. The molecule has 3 heteroatoms. The summed E-state index contributed by atoms with van der Waals surface area (Å²) in [4.78, 5) is 12.2. The zero-order valence-electron chi connectivity index (χ0n) is 11.3. The third-order valence-electron chi connectivity index (χ3n) is 3.66. The van der Waals surface area contributed by atoms with Crippen LogP contribution in [0.5, 0.6) is 0 Å². The Morgan fingerprint density at radius 3 is 3.00 bits per heavy atom. The second kappa shape index (κ2) is 6.01. The van der Waals surface area contributed by atoms with E-state index in [0.29, 0.717) is 0 Å². The zero-order chi connectivity index (χ0) is 13.0. The van der Waals surface area contributed by atoms with Gasteiger partial charge in [0.25, 0.3) is 0 Å². The minimum Gasteiger partial charge on any atom is -0.325 e. The molecule has 0 aliphatic carbocycles. The number of benzene rings is 1. The standard InChI is InChI=1S/C15H22N2O/c1-3-12-7-4-6-11(2)14(12)17-15(18)13-8-5-9-16-10-13/h4,6-7,13,16H,3,5,8-10H2,1-2H3,(H,17,18)/t13-/m1/s1. The number of aryl methyl sites for hydroxylation is 2. The van der Waals surface area contributed by atoms with Crippen molar-refractivity contribution in [3.8, 4) is 0 Å². The fourth-order valence-electron chi connectivity index (χ4n) is 2.50. The lowest BCUT2D eigenvalue weighted by Gasteiger charge is -2.23. The minimum atomic E-state index is 0.114. The predicted molar refractivity (Wildman–Crippen MR) is 74.8 cm³/mol. The number of piperidine rings is 1. The number of carbonyl (C=O) groups excluding carboxylic acids is 1. The molecule has 2 rings (SSSR count). The number of para-hydroxylation sites is 1. The van der Waals surface area contributed by atoms with E-state index in [1.807, 2.05) is 19.1 Å². The summed E-state index contributed by atoms with van der Waals surface area (Å²) >= 11 is 0. The lowest BCUT2D eigenvalue weighted by atomic mass is 9.98. The monoisotopic (exact) mass is 246 g/mol. The molecule has 3 nitrogen and oxygen atoms in total. The molecule has 1 aliphatic heterocycles. The Morgan fingerprint density at radius 2 is 2.33 bits per heavy atom. The molecule has 0 unspecified atom stereocenters. The van der Waals surface area contributed by atoms with Crippen molar-refractivity contribution in [2.45, 2.75) is 33.1 Å². The van der Waals surface area contributed by atoms with Crippen molar-refractivity contribution in [1.82, 2.24) is 5.32 Å². The Balaban J connectivity index is 2.10. The fraction of sp³-hybridized carbons (Fsp3) is 0.533. The van der Waals surface area contributed by atoms with Crippen LogP contribution in [-0.2, 0) is 11.2 Å². The number of anilines is 1. The second-order valence-corrected chi connectivity index (χ2v) is 5.00. The lowest BCUT2D eigenvalue weighted by Crippen LogP contribution is -2.37. The summed E-state index contributed by atoms with van der Waals surface area (Å²) in [5, 5.41) is 6.40. The van der Waals surface area contributed by atoms with Gasteiger partial charge in [0.1, 0.15) is 0 Å². The molecule has 98 valence electrons. The van der Waals surface area contributed by atoms with Crippen molar-refractivity contribution in [3.05, 3.63) is 29.3 Å². The summed E-state index contributed by atoms with van der Waals surface area (Å²) < 4.78 is 0. The van der Waals surface area contributed by atoms with Crippen molar-refractivity contribution in [3.63, 3.8) is 0 Å². The minimum absolute atomic E-state index is 0.114. The second-order valence-electron chi connectivity index (χ2n) is 5.00. The number of carbonyl (C=O) groups is 1. The molecule has 1 aromatic rings. The first-order valence-electron chi connectivity index (χ1n) is 6.82. The molecule has 0 aromatic heterocycles. The largest absolute Gasteiger partial charge is 0.325 e. The topological polar surface area (TPSA) is 41.1 Å². The van der Waals surface area contributed by atoms with Crippen LogP contribution in [0.15, 0.2) is 18.2 Å². The molecular formula is C15H22N2O. The number of nitrogens with one attached hydrogen (secondary N) is 2. The molecule has 1 fully saturated rings. The normalized spacial score (nSPS) is 19.6. The molecule has 0 bridgehead atoms. The van der Waals surface area contributed by atoms with Crippen LogP contribution in [0.3, 0.4) is 0 Å². The van der Waals surface area contributed by atoms with Crippen LogP contribution in [0.1, 0.15) is 30.9 Å². The summed E-state index contributed by atoms with van der Waals surface area (Å²) in [5.41, 5.74) is 3.37. The Labute approximate surface area is 109 Å². The number of hydrogen-bond donors (Lipinski definition) is 2. The van der Waals surface area contributed by atoms with Gasteiger partial charge >= 0.3 is 0 Å². The smallest absolute Gasteiger partial charge is 0.228 e. The highest BCUT2D eigenvalue weighted by Crippen LogP contribution is 2.22. The molecule has 0 spiro atoms. The maximum absolute atomic E-state index is 12.2. The molecule has 0 radical (unpaired) electrons. The van der Waals surface area contributed by atoms with Crippen LogP contribution in [0.4, 0.5) is 5.69 Å². The van der Waals surface area contributed by atoms with E-state index in [9.17, 15) is 4.79 Å². The Hall–Kier alpha value is -1.35. The van der Waals surface area contributed by atoms with E-state index in [1.165, 1.54) is 5.56 Å². The highest BCUT2D eigenvalue weighted by atomic mass is 16.1. The summed E-state index contributed by atoms with van der Waals surface area (Å²) in [5.74, 6) is 0.272. The SMILES string of the molecule is CCc1cccc(C)c1NC(=O)[C@@H]1CCCNC1. The molecule has 18 heavy (non-hydrogen) atoms. The Morgan fingerprint density at radius 1 is 1.50 bits per heavy atom. The molecule has 1 heterocycles. The highest BCUT2D eigenvalue weighted by Gasteiger charge is 2.21. The average Bonchev–Trinajstić information content (AvgIpc) is 2.42. The van der Waals surface area contributed by atoms with Gasteiger partial charge in [-0.1, -0.05) is 25.1 Å². The molecule has 0 saturated carbocycles. The van der Waals surface area contributed by atoms with Gasteiger partial charge in [-0.3, -0.25) is 4.79 Å². The Kier molecular flexibility index (Phi) is 4.37. The van der Waals surface area contributed by atoms with Crippen LogP contribution in [-0.4, -0.2) is 19.0 Å². The summed E-state index contributed by atoms with van der Waals surface area (Å²) in [6, 6.07) is 6.18.